The van der Waals surface area contributed by atoms with E-state index in [4.69, 9.17) is 9.47 Å². The van der Waals surface area contributed by atoms with Crippen LogP contribution in [-0.2, 0) is 9.59 Å². The molecule has 20 heavy (non-hydrogen) atoms. The minimum atomic E-state index is -0.361. The molecule has 0 aliphatic carbocycles. The van der Waals surface area contributed by atoms with Crippen molar-refractivity contribution in [3.05, 3.63) is 18.2 Å². The number of ether oxygens (including phenoxy) is 2. The Labute approximate surface area is 117 Å². The molecule has 0 spiro atoms. The van der Waals surface area contributed by atoms with E-state index in [0.29, 0.717) is 30.4 Å². The van der Waals surface area contributed by atoms with Crippen molar-refractivity contribution in [3.8, 4) is 11.5 Å². The van der Waals surface area contributed by atoms with Gasteiger partial charge in [0.1, 0.15) is 19.6 Å². The molecule has 0 saturated carbocycles. The molecule has 2 rings (SSSR count). The van der Waals surface area contributed by atoms with Crippen LogP contribution in [0.1, 0.15) is 20.3 Å². The molecule has 1 aliphatic heterocycles. The first-order valence-corrected chi connectivity index (χ1v) is 6.53. The molecule has 0 fully saturated rings. The lowest BCUT2D eigenvalue weighted by Crippen LogP contribution is -2.33. The summed E-state index contributed by atoms with van der Waals surface area (Å²) in [4.78, 5) is 23.2. The Bertz CT molecular complexity index is 514. The summed E-state index contributed by atoms with van der Waals surface area (Å²) in [6.45, 7) is 4.70. The SMILES string of the molecule is CC(C)NC(=O)CC(=O)Nc1ccc2c(c1)OCCO2. The Morgan fingerprint density at radius 1 is 1.15 bits per heavy atom. The van der Waals surface area contributed by atoms with Crippen LogP contribution >= 0.6 is 0 Å². The second-order valence-corrected chi connectivity index (χ2v) is 4.81. The summed E-state index contributed by atoms with van der Waals surface area (Å²) in [7, 11) is 0. The van der Waals surface area contributed by atoms with Crippen LogP contribution in [0.5, 0.6) is 11.5 Å². The van der Waals surface area contributed by atoms with Gasteiger partial charge in [-0.25, -0.2) is 0 Å². The molecular weight excluding hydrogens is 260 g/mol. The van der Waals surface area contributed by atoms with Crippen LogP contribution in [0.2, 0.25) is 0 Å². The zero-order valence-electron chi connectivity index (χ0n) is 11.6. The zero-order valence-corrected chi connectivity index (χ0v) is 11.6. The van der Waals surface area contributed by atoms with Gasteiger partial charge < -0.3 is 20.1 Å². The number of amides is 2. The van der Waals surface area contributed by atoms with Crippen molar-refractivity contribution in [3.63, 3.8) is 0 Å². The Morgan fingerprint density at radius 2 is 1.85 bits per heavy atom. The molecule has 0 atom stereocenters. The fourth-order valence-electron chi connectivity index (χ4n) is 1.85. The molecule has 0 bridgehead atoms. The van der Waals surface area contributed by atoms with Crippen molar-refractivity contribution in [1.29, 1.82) is 0 Å². The van der Waals surface area contributed by atoms with Crippen LogP contribution < -0.4 is 20.1 Å². The van der Waals surface area contributed by atoms with Gasteiger partial charge in [-0.05, 0) is 26.0 Å². The van der Waals surface area contributed by atoms with Gasteiger partial charge in [0.05, 0.1) is 0 Å². The Hall–Kier alpha value is -2.24. The lowest BCUT2D eigenvalue weighted by molar-refractivity contribution is -0.127. The molecule has 0 radical (unpaired) electrons. The van der Waals surface area contributed by atoms with E-state index in [-0.39, 0.29) is 24.3 Å². The van der Waals surface area contributed by atoms with Gasteiger partial charge in [0.25, 0.3) is 0 Å². The van der Waals surface area contributed by atoms with Gasteiger partial charge in [-0.2, -0.15) is 0 Å². The highest BCUT2D eigenvalue weighted by Crippen LogP contribution is 2.32. The van der Waals surface area contributed by atoms with E-state index in [1.54, 1.807) is 18.2 Å². The van der Waals surface area contributed by atoms with E-state index in [1.807, 2.05) is 13.8 Å². The molecule has 0 aromatic heterocycles. The first-order chi connectivity index (χ1) is 9.54. The minimum Gasteiger partial charge on any atom is -0.486 e. The van der Waals surface area contributed by atoms with Crippen molar-refractivity contribution < 1.29 is 19.1 Å². The maximum absolute atomic E-state index is 11.7. The number of hydrogen-bond acceptors (Lipinski definition) is 4. The Balaban J connectivity index is 1.92. The summed E-state index contributed by atoms with van der Waals surface area (Å²) in [6.07, 6.45) is -0.202. The maximum atomic E-state index is 11.7. The first kappa shape index (κ1) is 14.2. The van der Waals surface area contributed by atoms with Gasteiger partial charge in [0.2, 0.25) is 11.8 Å². The fourth-order valence-corrected chi connectivity index (χ4v) is 1.85. The van der Waals surface area contributed by atoms with Crippen LogP contribution in [0.3, 0.4) is 0 Å². The first-order valence-electron chi connectivity index (χ1n) is 6.53. The lowest BCUT2D eigenvalue weighted by Gasteiger charge is -2.19. The number of anilines is 1. The average molecular weight is 278 g/mol. The van der Waals surface area contributed by atoms with Crippen molar-refractivity contribution >= 4 is 17.5 Å². The van der Waals surface area contributed by atoms with Gasteiger partial charge in [-0.3, -0.25) is 9.59 Å². The van der Waals surface area contributed by atoms with Crippen molar-refractivity contribution in [2.24, 2.45) is 0 Å². The fraction of sp³-hybridized carbons (Fsp3) is 0.429. The third-order valence-corrected chi connectivity index (χ3v) is 2.60. The number of carbonyl (C=O) groups is 2. The van der Waals surface area contributed by atoms with Gasteiger partial charge >= 0.3 is 0 Å². The number of rotatable bonds is 4. The highest BCUT2D eigenvalue weighted by molar-refractivity contribution is 6.03. The van der Waals surface area contributed by atoms with E-state index in [9.17, 15) is 9.59 Å². The van der Waals surface area contributed by atoms with Crippen LogP contribution in [0.4, 0.5) is 5.69 Å². The number of nitrogens with one attached hydrogen (secondary N) is 2. The van der Waals surface area contributed by atoms with Gasteiger partial charge in [-0.15, -0.1) is 0 Å². The standard InChI is InChI=1S/C14H18N2O4/c1-9(2)15-13(17)8-14(18)16-10-3-4-11-12(7-10)20-6-5-19-11/h3-4,7,9H,5-6,8H2,1-2H3,(H,15,17)(H,16,18). The highest BCUT2D eigenvalue weighted by atomic mass is 16.6. The topological polar surface area (TPSA) is 76.7 Å². The van der Waals surface area contributed by atoms with E-state index in [2.05, 4.69) is 10.6 Å². The molecule has 2 N–H and O–H groups in total. The Morgan fingerprint density at radius 3 is 2.55 bits per heavy atom. The summed E-state index contributed by atoms with van der Waals surface area (Å²) in [5.74, 6) is 0.599. The van der Waals surface area contributed by atoms with Crippen LogP contribution in [0, 0.1) is 0 Å². The second-order valence-electron chi connectivity index (χ2n) is 4.81. The molecule has 2 amide bonds. The number of benzene rings is 1. The summed E-state index contributed by atoms with van der Waals surface area (Å²) in [5, 5.41) is 5.33. The molecule has 1 heterocycles. The largest absolute Gasteiger partial charge is 0.486 e. The van der Waals surface area contributed by atoms with E-state index in [1.165, 1.54) is 0 Å². The quantitative estimate of drug-likeness (QED) is 0.814. The molecule has 0 unspecified atom stereocenters. The maximum Gasteiger partial charge on any atom is 0.233 e. The smallest absolute Gasteiger partial charge is 0.233 e. The van der Waals surface area contributed by atoms with Gasteiger partial charge in [0, 0.05) is 17.8 Å². The monoisotopic (exact) mass is 278 g/mol. The highest BCUT2D eigenvalue weighted by Gasteiger charge is 2.14. The molecule has 1 aromatic carbocycles. The van der Waals surface area contributed by atoms with Crippen molar-refractivity contribution in [2.45, 2.75) is 26.3 Å². The normalized spacial score (nSPS) is 12.9. The Kier molecular flexibility index (Phi) is 4.45. The number of fused-ring (bicyclic) bond motifs is 1. The molecule has 1 aliphatic rings. The third kappa shape index (κ3) is 3.88. The van der Waals surface area contributed by atoms with Crippen LogP contribution in [-0.4, -0.2) is 31.1 Å². The summed E-state index contributed by atoms with van der Waals surface area (Å²) in [6, 6.07) is 5.15. The molecule has 6 heteroatoms. The van der Waals surface area contributed by atoms with E-state index in [0.717, 1.165) is 0 Å². The summed E-state index contributed by atoms with van der Waals surface area (Å²) >= 11 is 0. The molecule has 1 aromatic rings. The predicted octanol–water partition coefficient (Wildman–Crippen LogP) is 1.31. The van der Waals surface area contributed by atoms with Crippen LogP contribution in [0.15, 0.2) is 18.2 Å². The average Bonchev–Trinajstić information content (AvgIpc) is 2.37. The van der Waals surface area contributed by atoms with Crippen LogP contribution in [0.25, 0.3) is 0 Å². The second kappa shape index (κ2) is 6.27. The number of carbonyl (C=O) groups excluding carboxylic acids is 2. The van der Waals surface area contributed by atoms with Crippen molar-refractivity contribution in [1.82, 2.24) is 5.32 Å². The number of hydrogen-bond donors (Lipinski definition) is 2. The minimum absolute atomic E-state index is 0.0181. The molecule has 6 nitrogen and oxygen atoms in total. The zero-order chi connectivity index (χ0) is 14.5. The molecule has 0 saturated heterocycles. The van der Waals surface area contributed by atoms with Crippen molar-refractivity contribution in [2.75, 3.05) is 18.5 Å². The molecular formula is C14H18N2O4. The predicted molar refractivity (Wildman–Crippen MR) is 74.0 cm³/mol. The van der Waals surface area contributed by atoms with E-state index < -0.39 is 0 Å². The third-order valence-electron chi connectivity index (χ3n) is 2.60. The van der Waals surface area contributed by atoms with E-state index >= 15 is 0 Å². The van der Waals surface area contributed by atoms with Gasteiger partial charge in [0.15, 0.2) is 11.5 Å². The summed E-state index contributed by atoms with van der Waals surface area (Å²) < 4.78 is 10.8. The lowest BCUT2D eigenvalue weighted by atomic mass is 10.2. The molecule has 108 valence electrons. The summed E-state index contributed by atoms with van der Waals surface area (Å²) in [5.41, 5.74) is 0.580. The van der Waals surface area contributed by atoms with Gasteiger partial charge in [-0.1, -0.05) is 0 Å².